The first-order valence-electron chi connectivity index (χ1n) is 6.19. The summed E-state index contributed by atoms with van der Waals surface area (Å²) in [4.78, 5) is 22.1. The number of nitro groups is 1. The lowest BCUT2D eigenvalue weighted by Gasteiger charge is -2.21. The highest BCUT2D eigenvalue weighted by Crippen LogP contribution is 2.38. The number of aromatic hydroxyl groups is 1. The van der Waals surface area contributed by atoms with Gasteiger partial charge in [-0.3, -0.25) is 14.9 Å². The van der Waals surface area contributed by atoms with Crippen LogP contribution in [0, 0.1) is 10.1 Å². The smallest absolute Gasteiger partial charge is 0.312 e. The van der Waals surface area contributed by atoms with Crippen LogP contribution in [-0.2, 0) is 14.9 Å². The number of hydrogen-bond acceptors (Lipinski definition) is 5. The second kappa shape index (κ2) is 5.48. The molecule has 1 aromatic carbocycles. The second-order valence-electron chi connectivity index (χ2n) is 5.68. The van der Waals surface area contributed by atoms with Crippen LogP contribution in [-0.4, -0.2) is 23.1 Å². The van der Waals surface area contributed by atoms with Gasteiger partial charge in [0.1, 0.15) is 5.75 Å². The predicted octanol–water partition coefficient (Wildman–Crippen LogP) is 2.87. The van der Waals surface area contributed by atoms with Gasteiger partial charge >= 0.3 is 5.97 Å². The van der Waals surface area contributed by atoms with E-state index in [0.29, 0.717) is 11.1 Å². The number of hydrogen-bond donors (Lipinski definition) is 1. The molecule has 1 unspecified atom stereocenters. The van der Waals surface area contributed by atoms with Crippen LogP contribution in [0.1, 0.15) is 44.7 Å². The minimum atomic E-state index is -0.693. The second-order valence-corrected chi connectivity index (χ2v) is 5.68. The molecule has 0 radical (unpaired) electrons. The van der Waals surface area contributed by atoms with Gasteiger partial charge in [0, 0.05) is 11.1 Å². The van der Waals surface area contributed by atoms with Crippen LogP contribution in [0.15, 0.2) is 12.1 Å². The molecule has 0 bridgehead atoms. The zero-order valence-electron chi connectivity index (χ0n) is 12.3. The van der Waals surface area contributed by atoms with Crippen LogP contribution in [0.25, 0.3) is 0 Å². The lowest BCUT2D eigenvalue weighted by atomic mass is 9.83. The van der Waals surface area contributed by atoms with Gasteiger partial charge in [0.25, 0.3) is 5.69 Å². The molecule has 1 atom stereocenters. The fourth-order valence-electron chi connectivity index (χ4n) is 2.00. The van der Waals surface area contributed by atoms with Gasteiger partial charge in [-0.25, -0.2) is 0 Å². The molecule has 0 amide bonds. The first-order chi connectivity index (χ1) is 9.09. The molecule has 110 valence electrons. The van der Waals surface area contributed by atoms with Crippen molar-refractivity contribution in [2.75, 3.05) is 7.11 Å². The minimum absolute atomic E-state index is 0.157. The summed E-state index contributed by atoms with van der Waals surface area (Å²) in [5.41, 5.74) is 0.148. The highest BCUT2D eigenvalue weighted by molar-refractivity contribution is 5.79. The van der Waals surface area contributed by atoms with E-state index in [0.717, 1.165) is 6.07 Å². The van der Waals surface area contributed by atoms with Gasteiger partial charge in [0.05, 0.1) is 24.0 Å². The summed E-state index contributed by atoms with van der Waals surface area (Å²) >= 11 is 0. The molecule has 0 aliphatic carbocycles. The predicted molar refractivity (Wildman–Crippen MR) is 73.9 cm³/mol. The Morgan fingerprint density at radius 2 is 1.95 bits per heavy atom. The maximum atomic E-state index is 11.6. The molecule has 6 heteroatoms. The van der Waals surface area contributed by atoms with E-state index < -0.39 is 22.2 Å². The SMILES string of the molecule is COC(=O)C(C)c1cc(C(C)(C)C)c([N+](=O)[O-])cc1O. The Morgan fingerprint density at radius 1 is 1.40 bits per heavy atom. The third kappa shape index (κ3) is 3.07. The first-order valence-corrected chi connectivity index (χ1v) is 6.19. The van der Waals surface area contributed by atoms with E-state index in [9.17, 15) is 20.0 Å². The third-order valence-corrected chi connectivity index (χ3v) is 3.17. The van der Waals surface area contributed by atoms with Crippen molar-refractivity contribution in [3.8, 4) is 5.75 Å². The number of carbonyl (C=O) groups is 1. The van der Waals surface area contributed by atoms with Crippen LogP contribution < -0.4 is 0 Å². The maximum Gasteiger partial charge on any atom is 0.312 e. The van der Waals surface area contributed by atoms with Crippen molar-refractivity contribution >= 4 is 11.7 Å². The van der Waals surface area contributed by atoms with Gasteiger partial charge in [-0.1, -0.05) is 20.8 Å². The molecule has 1 aromatic rings. The average Bonchev–Trinajstić information content (AvgIpc) is 2.35. The molecule has 0 aromatic heterocycles. The topological polar surface area (TPSA) is 89.7 Å². The molecule has 0 saturated carbocycles. The van der Waals surface area contributed by atoms with Gasteiger partial charge in [0.2, 0.25) is 0 Å². The normalized spacial score (nSPS) is 12.8. The fraction of sp³-hybridized carbons (Fsp3) is 0.500. The van der Waals surface area contributed by atoms with Gasteiger partial charge < -0.3 is 9.84 Å². The molecule has 1 N–H and O–H groups in total. The number of rotatable bonds is 3. The van der Waals surface area contributed by atoms with E-state index in [2.05, 4.69) is 4.74 Å². The average molecular weight is 281 g/mol. The van der Waals surface area contributed by atoms with E-state index in [4.69, 9.17) is 0 Å². The van der Waals surface area contributed by atoms with Crippen molar-refractivity contribution in [2.45, 2.75) is 39.0 Å². The number of ether oxygens (including phenoxy) is 1. The Bertz CT molecular complexity index is 545. The molecule has 0 fully saturated rings. The Balaban J connectivity index is 3.51. The number of benzene rings is 1. The molecule has 0 spiro atoms. The number of nitrogens with zero attached hydrogens (tertiary/aromatic N) is 1. The van der Waals surface area contributed by atoms with Crippen LogP contribution in [0.3, 0.4) is 0 Å². The third-order valence-electron chi connectivity index (χ3n) is 3.17. The van der Waals surface area contributed by atoms with Crippen LogP contribution in [0.5, 0.6) is 5.75 Å². The molecule has 6 nitrogen and oxygen atoms in total. The fourth-order valence-corrected chi connectivity index (χ4v) is 2.00. The van der Waals surface area contributed by atoms with E-state index in [-0.39, 0.29) is 11.4 Å². The van der Waals surface area contributed by atoms with E-state index in [1.807, 2.05) is 20.8 Å². The zero-order valence-corrected chi connectivity index (χ0v) is 12.3. The van der Waals surface area contributed by atoms with Gasteiger partial charge in [0.15, 0.2) is 0 Å². The first kappa shape index (κ1) is 15.9. The van der Waals surface area contributed by atoms with Crippen molar-refractivity contribution in [3.05, 3.63) is 33.4 Å². The Labute approximate surface area is 117 Å². The highest BCUT2D eigenvalue weighted by Gasteiger charge is 2.29. The zero-order chi connectivity index (χ0) is 15.7. The monoisotopic (exact) mass is 281 g/mol. The summed E-state index contributed by atoms with van der Waals surface area (Å²) in [5.74, 6) is -1.47. The van der Waals surface area contributed by atoms with Crippen LogP contribution >= 0.6 is 0 Å². The molecule has 0 aliphatic heterocycles. The molecule has 20 heavy (non-hydrogen) atoms. The van der Waals surface area contributed by atoms with Crippen LogP contribution in [0.2, 0.25) is 0 Å². The number of nitro benzene ring substituents is 1. The van der Waals surface area contributed by atoms with Crippen molar-refractivity contribution < 1.29 is 19.6 Å². The molecule has 1 rings (SSSR count). The summed E-state index contributed by atoms with van der Waals surface area (Å²) < 4.78 is 4.64. The van der Waals surface area contributed by atoms with Gasteiger partial charge in [-0.15, -0.1) is 0 Å². The summed E-state index contributed by atoms with van der Waals surface area (Å²) in [6, 6.07) is 2.60. The number of phenolic OH excluding ortho intramolecular Hbond substituents is 1. The van der Waals surface area contributed by atoms with Crippen molar-refractivity contribution in [3.63, 3.8) is 0 Å². The lowest BCUT2D eigenvalue weighted by molar-refractivity contribution is -0.386. The largest absolute Gasteiger partial charge is 0.507 e. The molecule has 0 aliphatic rings. The minimum Gasteiger partial charge on any atom is -0.507 e. The lowest BCUT2D eigenvalue weighted by Crippen LogP contribution is -2.17. The Hall–Kier alpha value is -2.11. The van der Waals surface area contributed by atoms with Crippen molar-refractivity contribution in [2.24, 2.45) is 0 Å². The molecule has 0 heterocycles. The Morgan fingerprint density at radius 3 is 2.35 bits per heavy atom. The Kier molecular flexibility index (Phi) is 4.37. The summed E-state index contributed by atoms with van der Waals surface area (Å²) in [6.45, 7) is 7.08. The van der Waals surface area contributed by atoms with Crippen molar-refractivity contribution in [1.82, 2.24) is 0 Å². The molecular weight excluding hydrogens is 262 g/mol. The highest BCUT2D eigenvalue weighted by atomic mass is 16.6. The standard InChI is InChI=1S/C14H19NO5/c1-8(13(17)20-5)9-6-10(14(2,3)4)11(15(18)19)7-12(9)16/h6-8,16H,1-5H3. The molecule has 0 saturated heterocycles. The number of esters is 1. The quantitative estimate of drug-likeness (QED) is 0.522. The summed E-state index contributed by atoms with van der Waals surface area (Å²) in [7, 11) is 1.26. The molecular formula is C14H19NO5. The van der Waals surface area contributed by atoms with Gasteiger partial charge in [-0.2, -0.15) is 0 Å². The summed E-state index contributed by atoms with van der Waals surface area (Å²) in [5, 5.41) is 21.0. The van der Waals surface area contributed by atoms with Crippen LogP contribution in [0.4, 0.5) is 5.69 Å². The van der Waals surface area contributed by atoms with E-state index >= 15 is 0 Å². The van der Waals surface area contributed by atoms with Gasteiger partial charge in [-0.05, 0) is 18.4 Å². The number of phenols is 1. The summed E-state index contributed by atoms with van der Waals surface area (Å²) in [6.07, 6.45) is 0. The van der Waals surface area contributed by atoms with E-state index in [1.54, 1.807) is 6.92 Å². The number of carbonyl (C=O) groups excluding carboxylic acids is 1. The number of methoxy groups -OCH3 is 1. The van der Waals surface area contributed by atoms with E-state index in [1.165, 1.54) is 13.2 Å². The maximum absolute atomic E-state index is 11.6. The van der Waals surface area contributed by atoms with Crippen molar-refractivity contribution in [1.29, 1.82) is 0 Å².